The van der Waals surface area contributed by atoms with Crippen molar-refractivity contribution >= 4 is 11.8 Å². The van der Waals surface area contributed by atoms with Gasteiger partial charge in [-0.1, -0.05) is 78.4 Å². The highest BCUT2D eigenvalue weighted by Gasteiger charge is 2.30. The third-order valence-electron chi connectivity index (χ3n) is 5.10. The van der Waals surface area contributed by atoms with Gasteiger partial charge in [-0.3, -0.25) is 9.59 Å². The predicted octanol–water partition coefficient (Wildman–Crippen LogP) is 3.76. The topological polar surface area (TPSA) is 58.6 Å². The summed E-state index contributed by atoms with van der Waals surface area (Å²) in [6, 6.07) is 26.3. The molecule has 0 saturated heterocycles. The Labute approximate surface area is 183 Å². The molecule has 0 aliphatic rings. The number of carbonyl (C=O) groups excluding carboxylic acids is 2. The molecule has 0 aliphatic carbocycles. The minimum Gasteiger partial charge on any atom is -0.484 e. The summed E-state index contributed by atoms with van der Waals surface area (Å²) in [7, 11) is 1.59. The van der Waals surface area contributed by atoms with Gasteiger partial charge in [-0.25, -0.2) is 0 Å². The lowest BCUT2D eigenvalue weighted by Gasteiger charge is -2.31. The number of ether oxygens (including phenoxy) is 1. The Morgan fingerprint density at radius 1 is 0.871 bits per heavy atom. The van der Waals surface area contributed by atoms with Crippen molar-refractivity contribution in [3.63, 3.8) is 0 Å². The number of aryl methyl sites for hydroxylation is 1. The third-order valence-corrected chi connectivity index (χ3v) is 5.10. The molecular formula is C26H28N2O3. The van der Waals surface area contributed by atoms with Crippen LogP contribution in [0.3, 0.4) is 0 Å². The van der Waals surface area contributed by atoms with E-state index in [1.54, 1.807) is 11.9 Å². The van der Waals surface area contributed by atoms with Crippen LogP contribution in [0.15, 0.2) is 84.9 Å². The van der Waals surface area contributed by atoms with Crippen LogP contribution < -0.4 is 10.1 Å². The van der Waals surface area contributed by atoms with Crippen LogP contribution in [-0.2, 0) is 22.6 Å². The first-order valence-electron chi connectivity index (χ1n) is 10.3. The second-order valence-corrected chi connectivity index (χ2v) is 7.43. The molecule has 5 nitrogen and oxygen atoms in total. The van der Waals surface area contributed by atoms with Gasteiger partial charge in [-0.15, -0.1) is 0 Å². The van der Waals surface area contributed by atoms with Gasteiger partial charge in [0, 0.05) is 20.0 Å². The molecular weight excluding hydrogens is 388 g/mol. The maximum Gasteiger partial charge on any atom is 0.261 e. The highest BCUT2D eigenvalue weighted by Crippen LogP contribution is 2.16. The minimum atomic E-state index is -0.651. The predicted molar refractivity (Wildman–Crippen MR) is 122 cm³/mol. The van der Waals surface area contributed by atoms with E-state index >= 15 is 0 Å². The van der Waals surface area contributed by atoms with Crippen molar-refractivity contribution in [3.05, 3.63) is 102 Å². The summed E-state index contributed by atoms with van der Waals surface area (Å²) < 4.78 is 5.73. The fraction of sp³-hybridized carbons (Fsp3) is 0.231. The van der Waals surface area contributed by atoms with Gasteiger partial charge in [0.05, 0.1) is 0 Å². The van der Waals surface area contributed by atoms with Crippen molar-refractivity contribution in [1.82, 2.24) is 10.2 Å². The number of likely N-dealkylation sites (N-methyl/N-ethyl adjacent to an activating group) is 1. The van der Waals surface area contributed by atoms with E-state index in [1.807, 2.05) is 91.9 Å². The van der Waals surface area contributed by atoms with Crippen molar-refractivity contribution in [3.8, 4) is 5.75 Å². The second kappa shape index (κ2) is 11.0. The summed E-state index contributed by atoms with van der Waals surface area (Å²) in [5.41, 5.74) is 3.06. The normalized spacial score (nSPS) is 11.4. The Morgan fingerprint density at radius 3 is 2.03 bits per heavy atom. The Balaban J connectivity index is 1.83. The summed E-state index contributed by atoms with van der Waals surface area (Å²) in [6.07, 6.45) is 0.420. The first kappa shape index (κ1) is 22.1. The molecule has 0 radical (unpaired) electrons. The highest BCUT2D eigenvalue weighted by molar-refractivity contribution is 5.88. The van der Waals surface area contributed by atoms with Crippen molar-refractivity contribution in [2.45, 2.75) is 25.9 Å². The molecule has 0 heterocycles. The fourth-order valence-corrected chi connectivity index (χ4v) is 3.36. The number of hydrogen-bond donors (Lipinski definition) is 1. The molecule has 1 N–H and O–H groups in total. The van der Waals surface area contributed by atoms with Crippen molar-refractivity contribution in [2.75, 3.05) is 13.7 Å². The van der Waals surface area contributed by atoms with Gasteiger partial charge in [0.25, 0.3) is 5.91 Å². The van der Waals surface area contributed by atoms with Crippen molar-refractivity contribution in [1.29, 1.82) is 0 Å². The van der Waals surface area contributed by atoms with Crippen LogP contribution in [-0.4, -0.2) is 36.4 Å². The SMILES string of the molecule is CNC(=O)C(Cc1ccccc1)N(Cc1ccccc1)C(=O)COc1ccc(C)cc1. The summed E-state index contributed by atoms with van der Waals surface area (Å²) in [5, 5.41) is 2.71. The number of nitrogens with zero attached hydrogens (tertiary/aromatic N) is 1. The fourth-order valence-electron chi connectivity index (χ4n) is 3.36. The quantitative estimate of drug-likeness (QED) is 0.578. The Morgan fingerprint density at radius 2 is 1.45 bits per heavy atom. The van der Waals surface area contributed by atoms with Gasteiger partial charge in [0.2, 0.25) is 5.91 Å². The van der Waals surface area contributed by atoms with E-state index in [2.05, 4.69) is 5.32 Å². The summed E-state index contributed by atoms with van der Waals surface area (Å²) in [4.78, 5) is 27.7. The molecule has 0 aliphatic heterocycles. The molecule has 3 aromatic rings. The number of amides is 2. The molecule has 1 unspecified atom stereocenters. The molecule has 1 atom stereocenters. The minimum absolute atomic E-state index is 0.141. The number of rotatable bonds is 9. The molecule has 31 heavy (non-hydrogen) atoms. The Hall–Kier alpha value is -3.60. The van der Waals surface area contributed by atoms with Crippen LogP contribution in [0.2, 0.25) is 0 Å². The van der Waals surface area contributed by atoms with Crippen LogP contribution in [0.25, 0.3) is 0 Å². The maximum absolute atomic E-state index is 13.3. The monoisotopic (exact) mass is 416 g/mol. The molecule has 0 bridgehead atoms. The smallest absolute Gasteiger partial charge is 0.261 e. The summed E-state index contributed by atoms with van der Waals surface area (Å²) in [5.74, 6) is 0.176. The van der Waals surface area contributed by atoms with E-state index < -0.39 is 6.04 Å². The van der Waals surface area contributed by atoms with Crippen molar-refractivity contribution < 1.29 is 14.3 Å². The average molecular weight is 417 g/mol. The molecule has 0 saturated carbocycles. The Bertz CT molecular complexity index is 973. The standard InChI is InChI=1S/C26H28N2O3/c1-20-13-15-23(16-14-20)31-19-25(29)28(18-22-11-7-4-8-12-22)24(26(30)27-2)17-21-9-5-3-6-10-21/h3-16,24H,17-19H2,1-2H3,(H,27,30). The number of nitrogens with one attached hydrogen (secondary N) is 1. The molecule has 0 spiro atoms. The van der Waals surface area contributed by atoms with E-state index in [1.165, 1.54) is 0 Å². The molecule has 0 fully saturated rings. The first-order chi connectivity index (χ1) is 15.1. The van der Waals surface area contributed by atoms with E-state index in [-0.39, 0.29) is 18.4 Å². The number of carbonyl (C=O) groups is 2. The van der Waals surface area contributed by atoms with Crippen LogP contribution in [0.4, 0.5) is 0 Å². The number of benzene rings is 3. The summed E-state index contributed by atoms with van der Waals surface area (Å²) in [6.45, 7) is 2.17. The molecule has 2 amide bonds. The summed E-state index contributed by atoms with van der Waals surface area (Å²) >= 11 is 0. The zero-order chi connectivity index (χ0) is 22.1. The Kier molecular flexibility index (Phi) is 7.82. The van der Waals surface area contributed by atoms with Crippen LogP contribution in [0.1, 0.15) is 16.7 Å². The van der Waals surface area contributed by atoms with E-state index in [0.717, 1.165) is 16.7 Å². The van der Waals surface area contributed by atoms with Crippen LogP contribution in [0.5, 0.6) is 5.75 Å². The molecule has 5 heteroatoms. The van der Waals surface area contributed by atoms with Gasteiger partial charge in [0.15, 0.2) is 6.61 Å². The lowest BCUT2D eigenvalue weighted by atomic mass is 10.0. The van der Waals surface area contributed by atoms with Crippen molar-refractivity contribution in [2.24, 2.45) is 0 Å². The lowest BCUT2D eigenvalue weighted by molar-refractivity contribution is -0.142. The maximum atomic E-state index is 13.3. The average Bonchev–Trinajstić information content (AvgIpc) is 2.81. The first-order valence-corrected chi connectivity index (χ1v) is 10.3. The van der Waals surface area contributed by atoms with Gasteiger partial charge < -0.3 is 15.0 Å². The van der Waals surface area contributed by atoms with Gasteiger partial charge >= 0.3 is 0 Å². The number of hydrogen-bond acceptors (Lipinski definition) is 3. The van der Waals surface area contributed by atoms with E-state index in [4.69, 9.17) is 4.74 Å². The van der Waals surface area contributed by atoms with Gasteiger partial charge in [0.1, 0.15) is 11.8 Å². The van der Waals surface area contributed by atoms with Crippen LogP contribution in [0, 0.1) is 6.92 Å². The highest BCUT2D eigenvalue weighted by atomic mass is 16.5. The molecule has 0 aromatic heterocycles. The second-order valence-electron chi connectivity index (χ2n) is 7.43. The van der Waals surface area contributed by atoms with Gasteiger partial charge in [-0.2, -0.15) is 0 Å². The zero-order valence-electron chi connectivity index (χ0n) is 18.0. The molecule has 3 rings (SSSR count). The molecule has 3 aromatic carbocycles. The molecule has 160 valence electrons. The van der Waals surface area contributed by atoms with E-state index in [9.17, 15) is 9.59 Å². The van der Waals surface area contributed by atoms with Crippen LogP contribution >= 0.6 is 0 Å². The largest absolute Gasteiger partial charge is 0.484 e. The zero-order valence-corrected chi connectivity index (χ0v) is 18.0. The van der Waals surface area contributed by atoms with E-state index in [0.29, 0.717) is 18.7 Å². The third kappa shape index (κ3) is 6.44. The van der Waals surface area contributed by atoms with Gasteiger partial charge in [-0.05, 0) is 30.2 Å². The lowest BCUT2D eigenvalue weighted by Crippen LogP contribution is -2.51.